The highest BCUT2D eigenvalue weighted by Crippen LogP contribution is 2.32. The van der Waals surface area contributed by atoms with Gasteiger partial charge in [0.15, 0.2) is 5.54 Å². The predicted octanol–water partition coefficient (Wildman–Crippen LogP) is 3.80. The van der Waals surface area contributed by atoms with E-state index in [9.17, 15) is 9.90 Å². The van der Waals surface area contributed by atoms with Crippen molar-refractivity contribution in [2.24, 2.45) is 0 Å². The summed E-state index contributed by atoms with van der Waals surface area (Å²) in [6.45, 7) is 3.83. The van der Waals surface area contributed by atoms with E-state index >= 15 is 0 Å². The minimum absolute atomic E-state index is 0.460. The van der Waals surface area contributed by atoms with Crippen LogP contribution in [0.3, 0.4) is 0 Å². The number of hydrogen-bond donors (Lipinski definition) is 2. The molecule has 0 saturated heterocycles. The Morgan fingerprint density at radius 3 is 2.25 bits per heavy atom. The Kier molecular flexibility index (Phi) is 4.08. The quantitative estimate of drug-likeness (QED) is 0.868. The van der Waals surface area contributed by atoms with E-state index in [1.807, 2.05) is 68.4 Å². The number of benzene rings is 2. The van der Waals surface area contributed by atoms with Crippen LogP contribution in [0.5, 0.6) is 0 Å². The van der Waals surface area contributed by atoms with Crippen molar-refractivity contribution in [3.05, 3.63) is 65.7 Å². The molecule has 0 aliphatic carbocycles. The average Bonchev–Trinajstić information content (AvgIpc) is 2.46. The second-order valence-electron chi connectivity index (χ2n) is 4.87. The molecule has 0 radical (unpaired) electrons. The molecule has 0 fully saturated rings. The van der Waals surface area contributed by atoms with Crippen LogP contribution in [0.15, 0.2) is 54.6 Å². The molecule has 0 heterocycles. The molecule has 104 valence electrons. The van der Waals surface area contributed by atoms with Gasteiger partial charge in [0.25, 0.3) is 0 Å². The second-order valence-corrected chi connectivity index (χ2v) is 4.87. The van der Waals surface area contributed by atoms with E-state index in [1.165, 1.54) is 0 Å². The summed E-state index contributed by atoms with van der Waals surface area (Å²) < 4.78 is 0. The van der Waals surface area contributed by atoms with Gasteiger partial charge in [0.2, 0.25) is 0 Å². The van der Waals surface area contributed by atoms with Crippen molar-refractivity contribution in [2.75, 3.05) is 5.32 Å². The van der Waals surface area contributed by atoms with Gasteiger partial charge in [-0.05, 0) is 36.6 Å². The zero-order chi connectivity index (χ0) is 14.6. The largest absolute Gasteiger partial charge is 0.479 e. The number of anilines is 1. The van der Waals surface area contributed by atoms with E-state index in [-0.39, 0.29) is 0 Å². The molecule has 20 heavy (non-hydrogen) atoms. The van der Waals surface area contributed by atoms with Crippen molar-refractivity contribution in [3.63, 3.8) is 0 Å². The molecular weight excluding hydrogens is 250 g/mol. The summed E-state index contributed by atoms with van der Waals surface area (Å²) in [4.78, 5) is 11.9. The van der Waals surface area contributed by atoms with E-state index in [4.69, 9.17) is 0 Å². The van der Waals surface area contributed by atoms with Gasteiger partial charge in [0.05, 0.1) is 0 Å². The number of hydrogen-bond acceptors (Lipinski definition) is 2. The number of aryl methyl sites for hydroxylation is 1. The molecule has 2 aromatic rings. The predicted molar refractivity (Wildman–Crippen MR) is 80.8 cm³/mol. The van der Waals surface area contributed by atoms with E-state index in [1.54, 1.807) is 0 Å². The van der Waals surface area contributed by atoms with Crippen LogP contribution >= 0.6 is 0 Å². The Bertz CT molecular complexity index is 595. The number of nitrogens with one attached hydrogen (secondary N) is 1. The van der Waals surface area contributed by atoms with Crippen LogP contribution in [0, 0.1) is 6.92 Å². The highest BCUT2D eigenvalue weighted by Gasteiger charge is 2.39. The smallest absolute Gasteiger partial charge is 0.334 e. The van der Waals surface area contributed by atoms with Gasteiger partial charge in [-0.3, -0.25) is 0 Å². The molecule has 3 nitrogen and oxygen atoms in total. The fourth-order valence-electron chi connectivity index (χ4n) is 2.49. The molecule has 0 aliphatic heterocycles. The van der Waals surface area contributed by atoms with Gasteiger partial charge in [-0.25, -0.2) is 4.79 Å². The Labute approximate surface area is 119 Å². The third-order valence-corrected chi connectivity index (χ3v) is 3.63. The minimum Gasteiger partial charge on any atom is -0.479 e. The van der Waals surface area contributed by atoms with E-state index in [0.717, 1.165) is 16.8 Å². The second kappa shape index (κ2) is 5.78. The number of carboxylic acid groups (broad SMARTS) is 1. The fourth-order valence-corrected chi connectivity index (χ4v) is 2.49. The van der Waals surface area contributed by atoms with Crippen molar-refractivity contribution in [2.45, 2.75) is 25.8 Å². The van der Waals surface area contributed by atoms with Gasteiger partial charge < -0.3 is 10.4 Å². The first-order valence-electron chi connectivity index (χ1n) is 6.73. The van der Waals surface area contributed by atoms with Crippen molar-refractivity contribution < 1.29 is 9.90 Å². The standard InChI is InChI=1S/C17H19NO2/c1-3-17(16(19)20,15-12-8-7-9-13(15)2)18-14-10-5-4-6-11-14/h4-12,18H,3H2,1-2H3,(H,19,20). The average molecular weight is 269 g/mol. The molecule has 0 spiro atoms. The normalized spacial score (nSPS) is 13.5. The van der Waals surface area contributed by atoms with Gasteiger partial charge in [-0.1, -0.05) is 49.4 Å². The maximum Gasteiger partial charge on any atom is 0.334 e. The number of rotatable bonds is 5. The van der Waals surface area contributed by atoms with Gasteiger partial charge in [-0.2, -0.15) is 0 Å². The van der Waals surface area contributed by atoms with Crippen LogP contribution in [0.4, 0.5) is 5.69 Å². The number of para-hydroxylation sites is 1. The molecule has 0 amide bonds. The van der Waals surface area contributed by atoms with E-state index in [2.05, 4.69) is 5.32 Å². The lowest BCUT2D eigenvalue weighted by Crippen LogP contribution is -2.43. The van der Waals surface area contributed by atoms with Gasteiger partial charge in [-0.15, -0.1) is 0 Å². The molecule has 0 aromatic heterocycles. The van der Waals surface area contributed by atoms with Crippen molar-refractivity contribution >= 4 is 11.7 Å². The Hall–Kier alpha value is -2.29. The van der Waals surface area contributed by atoms with Crippen molar-refractivity contribution in [3.8, 4) is 0 Å². The SMILES string of the molecule is CCC(Nc1ccccc1)(C(=O)O)c1ccccc1C. The molecule has 2 N–H and O–H groups in total. The Morgan fingerprint density at radius 2 is 1.70 bits per heavy atom. The van der Waals surface area contributed by atoms with Crippen molar-refractivity contribution in [1.82, 2.24) is 0 Å². The van der Waals surface area contributed by atoms with Crippen molar-refractivity contribution in [1.29, 1.82) is 0 Å². The van der Waals surface area contributed by atoms with Gasteiger partial charge in [0.1, 0.15) is 0 Å². The Morgan fingerprint density at radius 1 is 1.10 bits per heavy atom. The van der Waals surface area contributed by atoms with E-state index < -0.39 is 11.5 Å². The molecular formula is C17H19NO2. The van der Waals surface area contributed by atoms with Crippen LogP contribution in [0.1, 0.15) is 24.5 Å². The molecule has 2 rings (SSSR count). The first-order valence-corrected chi connectivity index (χ1v) is 6.73. The molecule has 1 unspecified atom stereocenters. The zero-order valence-electron chi connectivity index (χ0n) is 11.8. The highest BCUT2D eigenvalue weighted by molar-refractivity contribution is 5.85. The molecule has 2 aromatic carbocycles. The molecule has 1 atom stereocenters. The lowest BCUT2D eigenvalue weighted by molar-refractivity contribution is -0.142. The highest BCUT2D eigenvalue weighted by atomic mass is 16.4. The Balaban J connectivity index is 2.51. The van der Waals surface area contributed by atoms with Crippen LogP contribution in [0.25, 0.3) is 0 Å². The zero-order valence-corrected chi connectivity index (χ0v) is 11.8. The molecule has 0 bridgehead atoms. The van der Waals surface area contributed by atoms with Gasteiger partial charge >= 0.3 is 5.97 Å². The monoisotopic (exact) mass is 269 g/mol. The first-order chi connectivity index (χ1) is 9.60. The topological polar surface area (TPSA) is 49.3 Å². The third-order valence-electron chi connectivity index (χ3n) is 3.63. The lowest BCUT2D eigenvalue weighted by atomic mass is 9.84. The molecule has 0 aliphatic rings. The number of carboxylic acids is 1. The summed E-state index contributed by atoms with van der Waals surface area (Å²) >= 11 is 0. The number of aliphatic carboxylic acids is 1. The summed E-state index contributed by atoms with van der Waals surface area (Å²) in [7, 11) is 0. The first kappa shape index (κ1) is 14.1. The maximum atomic E-state index is 11.9. The number of carbonyl (C=O) groups is 1. The lowest BCUT2D eigenvalue weighted by Gasteiger charge is -2.32. The van der Waals surface area contributed by atoms with Crippen LogP contribution in [-0.2, 0) is 10.3 Å². The van der Waals surface area contributed by atoms with Crippen LogP contribution < -0.4 is 5.32 Å². The summed E-state index contributed by atoms with van der Waals surface area (Å²) in [6.07, 6.45) is 0.460. The summed E-state index contributed by atoms with van der Waals surface area (Å²) in [5.74, 6) is -0.863. The third kappa shape index (κ3) is 2.52. The van der Waals surface area contributed by atoms with Gasteiger partial charge in [0, 0.05) is 5.69 Å². The summed E-state index contributed by atoms with van der Waals surface area (Å²) in [5.41, 5.74) is 1.48. The maximum absolute atomic E-state index is 11.9. The summed E-state index contributed by atoms with van der Waals surface area (Å²) in [5, 5.41) is 13.0. The molecule has 0 saturated carbocycles. The minimum atomic E-state index is -1.10. The molecule has 3 heteroatoms. The fraction of sp³-hybridized carbons (Fsp3) is 0.235. The van der Waals surface area contributed by atoms with Crippen LogP contribution in [-0.4, -0.2) is 11.1 Å². The van der Waals surface area contributed by atoms with E-state index in [0.29, 0.717) is 6.42 Å². The summed E-state index contributed by atoms with van der Waals surface area (Å²) in [6, 6.07) is 17.1. The van der Waals surface area contributed by atoms with Crippen LogP contribution in [0.2, 0.25) is 0 Å².